The van der Waals surface area contributed by atoms with E-state index in [0.29, 0.717) is 12.2 Å². The summed E-state index contributed by atoms with van der Waals surface area (Å²) in [5.41, 5.74) is 0. The highest BCUT2D eigenvalue weighted by atomic mass is 16.4. The molecule has 0 aliphatic rings. The van der Waals surface area contributed by atoms with E-state index in [1.165, 1.54) is 0 Å². The first-order chi connectivity index (χ1) is 7.91. The topological polar surface area (TPSA) is 133 Å². The molecule has 17 heavy (non-hydrogen) atoms. The second-order valence-electron chi connectivity index (χ2n) is 2.60. The first-order valence-electron chi connectivity index (χ1n) is 4.29. The quantitative estimate of drug-likeness (QED) is 0.329. The molecule has 2 amide bonds. The third kappa shape index (κ3) is 9.66. The number of carboxylic acid groups (broad SMARTS) is 2. The monoisotopic (exact) mass is 242 g/mol. The van der Waals surface area contributed by atoms with Gasteiger partial charge >= 0.3 is 11.9 Å². The number of hydrogen-bond donors (Lipinski definition) is 4. The molecule has 0 radical (unpaired) electrons. The van der Waals surface area contributed by atoms with Crippen LogP contribution in [0.25, 0.3) is 0 Å². The molecule has 0 aromatic rings. The fourth-order valence-electron chi connectivity index (χ4n) is 0.630. The van der Waals surface area contributed by atoms with Crippen LogP contribution in [0.5, 0.6) is 0 Å². The largest absolute Gasteiger partial charge is 0.478 e. The Morgan fingerprint density at radius 3 is 1.41 bits per heavy atom. The van der Waals surface area contributed by atoms with Gasteiger partial charge in [-0.15, -0.1) is 0 Å². The standard InChI is InChI=1S/C9H10N2O6/c12-6(1-3-8(14)15)10-5-11-7(13)2-4-9(16)17/h1-4H,5H2,(H,10,12)(H,11,13)(H,14,15)(H,16,17)/b3-1+,4-2+. The van der Waals surface area contributed by atoms with Gasteiger partial charge in [0.2, 0.25) is 11.8 Å². The maximum absolute atomic E-state index is 10.9. The van der Waals surface area contributed by atoms with E-state index in [9.17, 15) is 19.2 Å². The van der Waals surface area contributed by atoms with Gasteiger partial charge in [0.05, 0.1) is 6.67 Å². The molecule has 0 atom stereocenters. The van der Waals surface area contributed by atoms with Gasteiger partial charge in [-0.25, -0.2) is 9.59 Å². The molecule has 0 aromatic carbocycles. The van der Waals surface area contributed by atoms with Crippen LogP contribution in [0.15, 0.2) is 24.3 Å². The number of aliphatic carboxylic acids is 2. The Morgan fingerprint density at radius 1 is 0.765 bits per heavy atom. The first kappa shape index (κ1) is 14.4. The van der Waals surface area contributed by atoms with Crippen LogP contribution in [0.1, 0.15) is 0 Å². The van der Waals surface area contributed by atoms with Crippen LogP contribution >= 0.6 is 0 Å². The van der Waals surface area contributed by atoms with Crippen molar-refractivity contribution >= 4 is 23.8 Å². The molecule has 4 N–H and O–H groups in total. The number of carbonyl (C=O) groups is 4. The van der Waals surface area contributed by atoms with E-state index < -0.39 is 23.8 Å². The molecule has 8 heteroatoms. The molecule has 8 nitrogen and oxygen atoms in total. The van der Waals surface area contributed by atoms with Gasteiger partial charge in [0.15, 0.2) is 0 Å². The van der Waals surface area contributed by atoms with Gasteiger partial charge in [0.25, 0.3) is 0 Å². The minimum absolute atomic E-state index is 0.244. The van der Waals surface area contributed by atoms with Crippen LogP contribution < -0.4 is 10.6 Å². The maximum atomic E-state index is 10.9. The molecule has 0 unspecified atom stereocenters. The Balaban J connectivity index is 3.84. The Bertz CT molecular complexity index is 349. The smallest absolute Gasteiger partial charge is 0.328 e. The molecule has 0 spiro atoms. The molecule has 0 aliphatic heterocycles. The van der Waals surface area contributed by atoms with Crippen LogP contribution in [0.3, 0.4) is 0 Å². The van der Waals surface area contributed by atoms with Crippen molar-refractivity contribution in [2.45, 2.75) is 0 Å². The van der Waals surface area contributed by atoms with Gasteiger partial charge in [0.1, 0.15) is 0 Å². The molecule has 0 heterocycles. The van der Waals surface area contributed by atoms with Gasteiger partial charge in [0, 0.05) is 24.3 Å². The second-order valence-corrected chi connectivity index (χ2v) is 2.60. The lowest BCUT2D eigenvalue weighted by Crippen LogP contribution is -2.35. The van der Waals surface area contributed by atoms with Gasteiger partial charge < -0.3 is 20.8 Å². The minimum Gasteiger partial charge on any atom is -0.478 e. The Labute approximate surface area is 95.6 Å². The fourth-order valence-corrected chi connectivity index (χ4v) is 0.630. The highest BCUT2D eigenvalue weighted by Crippen LogP contribution is 1.75. The highest BCUT2D eigenvalue weighted by Gasteiger charge is 1.98. The summed E-state index contributed by atoms with van der Waals surface area (Å²) in [5, 5.41) is 20.7. The van der Waals surface area contributed by atoms with Crippen LogP contribution in [0.2, 0.25) is 0 Å². The van der Waals surface area contributed by atoms with E-state index in [1.807, 2.05) is 0 Å². The van der Waals surface area contributed by atoms with Crippen LogP contribution in [-0.2, 0) is 19.2 Å². The number of amides is 2. The van der Waals surface area contributed by atoms with Crippen molar-refractivity contribution in [2.24, 2.45) is 0 Å². The Morgan fingerprint density at radius 2 is 1.12 bits per heavy atom. The number of nitrogens with one attached hydrogen (secondary N) is 2. The van der Waals surface area contributed by atoms with E-state index >= 15 is 0 Å². The normalized spacial score (nSPS) is 10.4. The zero-order valence-electron chi connectivity index (χ0n) is 8.54. The summed E-state index contributed by atoms with van der Waals surface area (Å²) >= 11 is 0. The minimum atomic E-state index is -1.27. The lowest BCUT2D eigenvalue weighted by Gasteiger charge is -2.01. The van der Waals surface area contributed by atoms with Gasteiger partial charge in [-0.2, -0.15) is 0 Å². The van der Waals surface area contributed by atoms with Crippen molar-refractivity contribution < 1.29 is 29.4 Å². The Kier molecular flexibility index (Phi) is 6.44. The highest BCUT2D eigenvalue weighted by molar-refractivity contribution is 5.95. The summed E-state index contributed by atoms with van der Waals surface area (Å²) in [6.45, 7) is -0.244. The average molecular weight is 242 g/mol. The van der Waals surface area contributed by atoms with Gasteiger partial charge in [-0.1, -0.05) is 0 Å². The maximum Gasteiger partial charge on any atom is 0.328 e. The summed E-state index contributed by atoms with van der Waals surface area (Å²) in [7, 11) is 0. The van der Waals surface area contributed by atoms with E-state index in [-0.39, 0.29) is 6.67 Å². The van der Waals surface area contributed by atoms with E-state index in [4.69, 9.17) is 10.2 Å². The molecule has 0 fully saturated rings. The lowest BCUT2D eigenvalue weighted by molar-refractivity contribution is -0.132. The summed E-state index contributed by atoms with van der Waals surface area (Å²) in [6.07, 6.45) is 2.84. The number of carboxylic acids is 2. The Hall–Kier alpha value is -2.64. The second kappa shape index (κ2) is 7.63. The van der Waals surface area contributed by atoms with Gasteiger partial charge in [-0.3, -0.25) is 9.59 Å². The molecule has 92 valence electrons. The first-order valence-corrected chi connectivity index (χ1v) is 4.29. The zero-order chi connectivity index (χ0) is 13.3. The average Bonchev–Trinajstić information content (AvgIpc) is 2.23. The summed E-state index contributed by atoms with van der Waals surface area (Å²) in [6, 6.07) is 0. The predicted octanol–water partition coefficient (Wildman–Crippen LogP) is -1.54. The molecular weight excluding hydrogens is 232 g/mol. The number of carbonyl (C=O) groups excluding carboxylic acids is 2. The van der Waals surface area contributed by atoms with E-state index in [1.54, 1.807) is 0 Å². The van der Waals surface area contributed by atoms with Crippen molar-refractivity contribution in [3.05, 3.63) is 24.3 Å². The van der Waals surface area contributed by atoms with Crippen molar-refractivity contribution in [3.63, 3.8) is 0 Å². The van der Waals surface area contributed by atoms with Crippen molar-refractivity contribution in [2.75, 3.05) is 6.67 Å². The lowest BCUT2D eigenvalue weighted by atomic mass is 10.4. The number of rotatable bonds is 6. The predicted molar refractivity (Wildman–Crippen MR) is 54.7 cm³/mol. The molecule has 0 saturated heterocycles. The molecular formula is C9H10N2O6. The third-order valence-corrected chi connectivity index (χ3v) is 1.28. The molecule has 0 aliphatic carbocycles. The van der Waals surface area contributed by atoms with E-state index in [2.05, 4.69) is 10.6 Å². The van der Waals surface area contributed by atoms with Crippen molar-refractivity contribution in [1.82, 2.24) is 10.6 Å². The molecule has 0 bridgehead atoms. The fraction of sp³-hybridized carbons (Fsp3) is 0.111. The van der Waals surface area contributed by atoms with E-state index in [0.717, 1.165) is 12.2 Å². The summed E-state index contributed by atoms with van der Waals surface area (Å²) in [5.74, 6) is -3.94. The third-order valence-electron chi connectivity index (χ3n) is 1.28. The van der Waals surface area contributed by atoms with Gasteiger partial charge in [-0.05, 0) is 0 Å². The molecule has 0 rings (SSSR count). The van der Waals surface area contributed by atoms with Crippen LogP contribution in [-0.4, -0.2) is 40.6 Å². The summed E-state index contributed by atoms with van der Waals surface area (Å²) in [4.78, 5) is 41.8. The molecule has 0 saturated carbocycles. The number of hydrogen-bond acceptors (Lipinski definition) is 4. The zero-order valence-corrected chi connectivity index (χ0v) is 8.54. The SMILES string of the molecule is O=C(O)/C=C/C(=O)NCNC(=O)/C=C/C(=O)O. The van der Waals surface area contributed by atoms with Crippen molar-refractivity contribution in [3.8, 4) is 0 Å². The van der Waals surface area contributed by atoms with Crippen molar-refractivity contribution in [1.29, 1.82) is 0 Å². The molecule has 0 aromatic heterocycles. The van der Waals surface area contributed by atoms with Crippen LogP contribution in [0, 0.1) is 0 Å². The van der Waals surface area contributed by atoms with Crippen LogP contribution in [0.4, 0.5) is 0 Å². The summed E-state index contributed by atoms with van der Waals surface area (Å²) < 4.78 is 0.